The highest BCUT2D eigenvalue weighted by Gasteiger charge is 2.40. The topological polar surface area (TPSA) is 0 Å². The zero-order valence-electron chi connectivity index (χ0n) is 16.6. The zero-order valence-corrected chi connectivity index (χ0v) is 16.6. The monoisotopic (exact) mass is 318 g/mol. The highest BCUT2D eigenvalue weighted by atomic mass is 14.5. The molecule has 0 spiro atoms. The van der Waals surface area contributed by atoms with Gasteiger partial charge in [-0.05, 0) is 98.2 Å². The van der Waals surface area contributed by atoms with Crippen molar-refractivity contribution >= 4 is 0 Å². The van der Waals surface area contributed by atoms with Crippen LogP contribution in [0.15, 0.2) is 0 Å². The van der Waals surface area contributed by atoms with Gasteiger partial charge in [0.2, 0.25) is 0 Å². The standard InChI is InChI=1S/C23H42/c1-15-6-10-22(18(4)12-15)21-9-11-23(19(5)14-21)20-8-7-16(2)17(3)13-20/h15-23H,6-14H2,1-5H3. The maximum atomic E-state index is 2.61. The molecule has 0 aromatic carbocycles. The van der Waals surface area contributed by atoms with Crippen LogP contribution in [0.3, 0.4) is 0 Å². The second-order valence-electron chi connectivity index (χ2n) is 10.3. The largest absolute Gasteiger partial charge is 0.0625 e. The van der Waals surface area contributed by atoms with Crippen LogP contribution in [0.5, 0.6) is 0 Å². The molecule has 0 heteroatoms. The molecule has 0 amide bonds. The van der Waals surface area contributed by atoms with Gasteiger partial charge in [0.25, 0.3) is 0 Å². The predicted octanol–water partition coefficient (Wildman–Crippen LogP) is 7.18. The Kier molecular flexibility index (Phi) is 5.80. The molecule has 9 atom stereocenters. The molecule has 3 aliphatic carbocycles. The summed E-state index contributed by atoms with van der Waals surface area (Å²) in [4.78, 5) is 0. The van der Waals surface area contributed by atoms with Crippen LogP contribution in [0, 0.1) is 53.3 Å². The van der Waals surface area contributed by atoms with Gasteiger partial charge in [-0.2, -0.15) is 0 Å². The maximum Gasteiger partial charge on any atom is -0.0360 e. The van der Waals surface area contributed by atoms with Crippen molar-refractivity contribution in [2.24, 2.45) is 53.3 Å². The SMILES string of the molecule is CC1CCC(C2CCC(C3CCC(C)C(C)C3)C(C)C2)C(C)C1. The van der Waals surface area contributed by atoms with E-state index in [2.05, 4.69) is 34.6 Å². The van der Waals surface area contributed by atoms with E-state index < -0.39 is 0 Å². The Morgan fingerprint density at radius 3 is 1.52 bits per heavy atom. The smallest absolute Gasteiger partial charge is 0.0360 e. The summed E-state index contributed by atoms with van der Waals surface area (Å²) in [5.74, 6) is 9.14. The molecule has 3 aliphatic rings. The lowest BCUT2D eigenvalue weighted by atomic mass is 9.59. The second-order valence-corrected chi connectivity index (χ2v) is 10.3. The summed E-state index contributed by atoms with van der Waals surface area (Å²) in [6, 6.07) is 0. The molecular weight excluding hydrogens is 276 g/mol. The van der Waals surface area contributed by atoms with Gasteiger partial charge in [-0.25, -0.2) is 0 Å². The van der Waals surface area contributed by atoms with Gasteiger partial charge in [-0.15, -0.1) is 0 Å². The van der Waals surface area contributed by atoms with Gasteiger partial charge >= 0.3 is 0 Å². The minimum Gasteiger partial charge on any atom is -0.0625 e. The summed E-state index contributed by atoms with van der Waals surface area (Å²) in [5.41, 5.74) is 0. The normalized spacial score (nSPS) is 52.3. The van der Waals surface area contributed by atoms with Crippen LogP contribution in [-0.4, -0.2) is 0 Å². The van der Waals surface area contributed by atoms with E-state index in [1.54, 1.807) is 19.3 Å². The first kappa shape index (κ1) is 17.8. The summed E-state index contributed by atoms with van der Waals surface area (Å²) >= 11 is 0. The van der Waals surface area contributed by atoms with Crippen LogP contribution in [0.1, 0.15) is 92.4 Å². The third-order valence-corrected chi connectivity index (χ3v) is 8.62. The van der Waals surface area contributed by atoms with Crippen LogP contribution < -0.4 is 0 Å². The molecule has 0 heterocycles. The van der Waals surface area contributed by atoms with Gasteiger partial charge in [-0.1, -0.05) is 47.5 Å². The summed E-state index contributed by atoms with van der Waals surface area (Å²) in [5, 5.41) is 0. The van der Waals surface area contributed by atoms with E-state index in [9.17, 15) is 0 Å². The molecule has 0 bridgehead atoms. The van der Waals surface area contributed by atoms with Gasteiger partial charge in [-0.3, -0.25) is 0 Å². The van der Waals surface area contributed by atoms with E-state index >= 15 is 0 Å². The first-order valence-electron chi connectivity index (χ1n) is 11.0. The van der Waals surface area contributed by atoms with Crippen LogP contribution in [-0.2, 0) is 0 Å². The van der Waals surface area contributed by atoms with Gasteiger partial charge < -0.3 is 0 Å². The van der Waals surface area contributed by atoms with E-state index in [-0.39, 0.29) is 0 Å². The van der Waals surface area contributed by atoms with Crippen LogP contribution in [0.4, 0.5) is 0 Å². The van der Waals surface area contributed by atoms with Crippen molar-refractivity contribution < 1.29 is 0 Å². The number of rotatable bonds is 2. The average molecular weight is 319 g/mol. The minimum atomic E-state index is 0.971. The quantitative estimate of drug-likeness (QED) is 0.505. The zero-order chi connectivity index (χ0) is 16.6. The fraction of sp³-hybridized carbons (Fsp3) is 1.00. The van der Waals surface area contributed by atoms with Crippen molar-refractivity contribution in [3.8, 4) is 0 Å². The van der Waals surface area contributed by atoms with Crippen molar-refractivity contribution in [3.05, 3.63) is 0 Å². The molecule has 0 N–H and O–H groups in total. The Hall–Kier alpha value is 0. The maximum absolute atomic E-state index is 2.61. The Morgan fingerprint density at radius 2 is 0.957 bits per heavy atom. The lowest BCUT2D eigenvalue weighted by Crippen LogP contribution is -2.37. The second kappa shape index (κ2) is 7.49. The molecule has 9 unspecified atom stereocenters. The van der Waals surface area contributed by atoms with Crippen LogP contribution in [0.2, 0.25) is 0 Å². The highest BCUT2D eigenvalue weighted by Crippen LogP contribution is 2.50. The Labute approximate surface area is 146 Å². The van der Waals surface area contributed by atoms with Gasteiger partial charge in [0, 0.05) is 0 Å². The third-order valence-electron chi connectivity index (χ3n) is 8.62. The molecule has 3 saturated carbocycles. The van der Waals surface area contributed by atoms with Crippen molar-refractivity contribution in [2.45, 2.75) is 92.4 Å². The fourth-order valence-electron chi connectivity index (χ4n) is 6.92. The molecule has 0 aliphatic heterocycles. The van der Waals surface area contributed by atoms with Gasteiger partial charge in [0.1, 0.15) is 0 Å². The molecule has 0 saturated heterocycles. The Balaban J connectivity index is 1.55. The third kappa shape index (κ3) is 3.98. The molecule has 3 rings (SSSR count). The minimum absolute atomic E-state index is 0.971. The first-order chi connectivity index (χ1) is 11.0. The Morgan fingerprint density at radius 1 is 0.435 bits per heavy atom. The summed E-state index contributed by atoms with van der Waals surface area (Å²) in [7, 11) is 0. The number of hydrogen-bond acceptors (Lipinski definition) is 0. The first-order valence-corrected chi connectivity index (χ1v) is 11.0. The lowest BCUT2D eigenvalue weighted by molar-refractivity contribution is 0.0369. The van der Waals surface area contributed by atoms with Gasteiger partial charge in [0.15, 0.2) is 0 Å². The molecule has 0 nitrogen and oxygen atoms in total. The summed E-state index contributed by atoms with van der Waals surface area (Å²) in [6.07, 6.45) is 13.7. The van der Waals surface area contributed by atoms with Crippen molar-refractivity contribution in [1.82, 2.24) is 0 Å². The molecule has 134 valence electrons. The Bertz CT molecular complexity index is 372. The van der Waals surface area contributed by atoms with E-state index in [0.29, 0.717) is 0 Å². The van der Waals surface area contributed by atoms with Gasteiger partial charge in [0.05, 0.1) is 0 Å². The van der Waals surface area contributed by atoms with E-state index in [0.717, 1.165) is 53.3 Å². The van der Waals surface area contributed by atoms with Crippen molar-refractivity contribution in [1.29, 1.82) is 0 Å². The number of hydrogen-bond donors (Lipinski definition) is 0. The van der Waals surface area contributed by atoms with Crippen molar-refractivity contribution in [2.75, 3.05) is 0 Å². The van der Waals surface area contributed by atoms with Crippen LogP contribution in [0.25, 0.3) is 0 Å². The predicted molar refractivity (Wildman–Crippen MR) is 101 cm³/mol. The summed E-state index contributed by atoms with van der Waals surface area (Å²) < 4.78 is 0. The lowest BCUT2D eigenvalue weighted by Gasteiger charge is -2.47. The fourth-order valence-corrected chi connectivity index (χ4v) is 6.92. The van der Waals surface area contributed by atoms with Crippen molar-refractivity contribution in [3.63, 3.8) is 0 Å². The summed E-state index contributed by atoms with van der Waals surface area (Å²) in [6.45, 7) is 12.6. The molecular formula is C23H42. The molecule has 23 heavy (non-hydrogen) atoms. The van der Waals surface area contributed by atoms with E-state index in [1.165, 1.54) is 38.5 Å². The molecule has 3 fully saturated rings. The van der Waals surface area contributed by atoms with E-state index in [4.69, 9.17) is 0 Å². The van der Waals surface area contributed by atoms with Crippen LogP contribution >= 0.6 is 0 Å². The molecule has 0 radical (unpaired) electrons. The highest BCUT2D eigenvalue weighted by molar-refractivity contribution is 4.90. The average Bonchev–Trinajstić information content (AvgIpc) is 2.50. The molecule has 0 aromatic heterocycles. The van der Waals surface area contributed by atoms with E-state index in [1.807, 2.05) is 0 Å². The molecule has 0 aromatic rings.